The summed E-state index contributed by atoms with van der Waals surface area (Å²) in [4.78, 5) is 0. The molecule has 1 aromatic heterocycles. The molecule has 2 aromatic rings. The van der Waals surface area contributed by atoms with Crippen LogP contribution in [-0.4, -0.2) is 9.67 Å². The van der Waals surface area contributed by atoms with Gasteiger partial charge in [0.15, 0.2) is 0 Å². The van der Waals surface area contributed by atoms with Crippen molar-refractivity contribution in [3.63, 3.8) is 0 Å². The third-order valence-corrected chi connectivity index (χ3v) is 2.93. The van der Waals surface area contributed by atoms with Gasteiger partial charge in [-0.05, 0) is 49.7 Å². The van der Waals surface area contributed by atoms with Crippen molar-refractivity contribution in [2.24, 2.45) is 0 Å². The number of anilines is 1. The zero-order valence-electron chi connectivity index (χ0n) is 10.3. The van der Waals surface area contributed by atoms with Crippen LogP contribution in [-0.2, 0) is 13.1 Å². The van der Waals surface area contributed by atoms with E-state index in [1.54, 1.807) is 12.1 Å². The predicted octanol–water partition coefficient (Wildman–Crippen LogP) is 3.13. The van der Waals surface area contributed by atoms with Gasteiger partial charge in [0.05, 0.1) is 6.54 Å². The number of aromatic nitrogens is 1. The highest BCUT2D eigenvalue weighted by molar-refractivity contribution is 5.53. The first-order valence-electron chi connectivity index (χ1n) is 5.88. The van der Waals surface area contributed by atoms with Crippen LogP contribution in [0.3, 0.4) is 0 Å². The minimum Gasteiger partial charge on any atom is -0.508 e. The number of hydrogen-bond donors (Lipinski definition) is 2. The molecule has 3 heteroatoms. The van der Waals surface area contributed by atoms with Gasteiger partial charge in [-0.25, -0.2) is 0 Å². The van der Waals surface area contributed by atoms with Crippen LogP contribution in [0.4, 0.5) is 5.69 Å². The molecule has 0 aliphatic heterocycles. The molecular formula is C14H18N2O. The molecule has 0 radical (unpaired) electrons. The van der Waals surface area contributed by atoms with Crippen LogP contribution < -0.4 is 5.32 Å². The largest absolute Gasteiger partial charge is 0.508 e. The number of phenols is 1. The quantitative estimate of drug-likeness (QED) is 0.792. The highest BCUT2D eigenvalue weighted by Gasteiger charge is 2.01. The fourth-order valence-corrected chi connectivity index (χ4v) is 1.95. The Kier molecular flexibility index (Phi) is 3.38. The fourth-order valence-electron chi connectivity index (χ4n) is 1.95. The van der Waals surface area contributed by atoms with Crippen LogP contribution >= 0.6 is 0 Å². The van der Waals surface area contributed by atoms with Gasteiger partial charge in [-0.2, -0.15) is 0 Å². The summed E-state index contributed by atoms with van der Waals surface area (Å²) in [5, 5.41) is 12.7. The van der Waals surface area contributed by atoms with Crippen molar-refractivity contribution >= 4 is 5.69 Å². The zero-order chi connectivity index (χ0) is 12.3. The van der Waals surface area contributed by atoms with Crippen molar-refractivity contribution in [3.05, 3.63) is 47.8 Å². The molecule has 0 saturated carbocycles. The van der Waals surface area contributed by atoms with E-state index >= 15 is 0 Å². The monoisotopic (exact) mass is 230 g/mol. The number of nitrogens with one attached hydrogen (secondary N) is 1. The number of phenolic OH excluding ortho intramolecular Hbond substituents is 1. The molecule has 0 aliphatic carbocycles. The normalized spacial score (nSPS) is 10.5. The smallest absolute Gasteiger partial charge is 0.115 e. The first kappa shape index (κ1) is 11.6. The predicted molar refractivity (Wildman–Crippen MR) is 70.3 cm³/mol. The van der Waals surface area contributed by atoms with E-state index in [4.69, 9.17) is 0 Å². The third-order valence-electron chi connectivity index (χ3n) is 2.93. The number of hydrogen-bond acceptors (Lipinski definition) is 2. The third kappa shape index (κ3) is 2.61. The van der Waals surface area contributed by atoms with Gasteiger partial charge < -0.3 is 15.0 Å². The average Bonchev–Trinajstić information content (AvgIpc) is 2.75. The van der Waals surface area contributed by atoms with Crippen LogP contribution in [0.15, 0.2) is 36.5 Å². The molecule has 2 rings (SSSR count). The van der Waals surface area contributed by atoms with Crippen molar-refractivity contribution in [2.45, 2.75) is 26.9 Å². The number of rotatable bonds is 4. The molecule has 0 aliphatic rings. The topological polar surface area (TPSA) is 37.2 Å². The molecule has 0 amide bonds. The summed E-state index contributed by atoms with van der Waals surface area (Å²) < 4.78 is 2.21. The van der Waals surface area contributed by atoms with Gasteiger partial charge in [0, 0.05) is 24.1 Å². The summed E-state index contributed by atoms with van der Waals surface area (Å²) in [7, 11) is 0. The van der Waals surface area contributed by atoms with E-state index in [2.05, 4.69) is 35.1 Å². The lowest BCUT2D eigenvalue weighted by atomic mass is 10.2. The Morgan fingerprint density at radius 3 is 2.82 bits per heavy atom. The minimum atomic E-state index is 0.310. The number of aryl methyl sites for hydroxylation is 2. The average molecular weight is 230 g/mol. The summed E-state index contributed by atoms with van der Waals surface area (Å²) >= 11 is 0. The maximum Gasteiger partial charge on any atom is 0.115 e. The van der Waals surface area contributed by atoms with E-state index in [-0.39, 0.29) is 0 Å². The number of nitrogens with zero attached hydrogens (tertiary/aromatic N) is 1. The summed E-state index contributed by atoms with van der Waals surface area (Å²) in [6.45, 7) is 5.90. The molecule has 0 spiro atoms. The highest BCUT2D eigenvalue weighted by Crippen LogP contribution is 2.20. The van der Waals surface area contributed by atoms with Gasteiger partial charge in [-0.15, -0.1) is 0 Å². The van der Waals surface area contributed by atoms with Crippen LogP contribution in [0.5, 0.6) is 5.75 Å². The minimum absolute atomic E-state index is 0.310. The molecule has 1 aromatic carbocycles. The molecule has 3 nitrogen and oxygen atoms in total. The Morgan fingerprint density at radius 2 is 2.12 bits per heavy atom. The molecule has 0 fully saturated rings. The Labute approximate surface area is 102 Å². The van der Waals surface area contributed by atoms with Crippen LogP contribution in [0, 0.1) is 6.92 Å². The van der Waals surface area contributed by atoms with Crippen molar-refractivity contribution in [1.29, 1.82) is 0 Å². The lowest BCUT2D eigenvalue weighted by molar-refractivity contribution is 0.475. The van der Waals surface area contributed by atoms with E-state index in [1.807, 2.05) is 13.0 Å². The second-order valence-electron chi connectivity index (χ2n) is 4.14. The molecule has 0 unspecified atom stereocenters. The van der Waals surface area contributed by atoms with Crippen molar-refractivity contribution in [1.82, 2.24) is 4.57 Å². The van der Waals surface area contributed by atoms with Crippen molar-refractivity contribution < 1.29 is 5.11 Å². The lowest BCUT2D eigenvalue weighted by Gasteiger charge is -2.11. The van der Waals surface area contributed by atoms with Crippen molar-refractivity contribution in [3.8, 4) is 5.75 Å². The molecule has 17 heavy (non-hydrogen) atoms. The van der Waals surface area contributed by atoms with Crippen LogP contribution in [0.25, 0.3) is 0 Å². The molecule has 0 atom stereocenters. The van der Waals surface area contributed by atoms with Gasteiger partial charge in [0.2, 0.25) is 0 Å². The Bertz CT molecular complexity index is 503. The van der Waals surface area contributed by atoms with Gasteiger partial charge in [0.25, 0.3) is 0 Å². The summed E-state index contributed by atoms with van der Waals surface area (Å²) in [5.74, 6) is 0.310. The van der Waals surface area contributed by atoms with Crippen LogP contribution in [0.1, 0.15) is 18.2 Å². The Balaban J connectivity index is 2.07. The maximum atomic E-state index is 9.34. The van der Waals surface area contributed by atoms with E-state index < -0.39 is 0 Å². The Morgan fingerprint density at radius 1 is 1.29 bits per heavy atom. The summed E-state index contributed by atoms with van der Waals surface area (Å²) in [6.07, 6.45) is 2.08. The first-order chi connectivity index (χ1) is 8.20. The van der Waals surface area contributed by atoms with Crippen LogP contribution in [0.2, 0.25) is 0 Å². The standard InChI is InChI=1S/C14H18N2O/c1-3-16-8-4-5-12(16)10-15-14-7-6-13(17)9-11(14)2/h4-9,15,17H,3,10H2,1-2H3. The van der Waals surface area contributed by atoms with E-state index in [9.17, 15) is 5.11 Å². The first-order valence-corrected chi connectivity index (χ1v) is 5.88. The summed E-state index contributed by atoms with van der Waals surface area (Å²) in [5.41, 5.74) is 3.38. The fraction of sp³-hybridized carbons (Fsp3) is 0.286. The molecule has 0 saturated heterocycles. The Hall–Kier alpha value is -1.90. The van der Waals surface area contributed by atoms with Gasteiger partial charge in [-0.3, -0.25) is 0 Å². The SMILES string of the molecule is CCn1cccc1CNc1ccc(O)cc1C. The molecular weight excluding hydrogens is 212 g/mol. The maximum absolute atomic E-state index is 9.34. The lowest BCUT2D eigenvalue weighted by Crippen LogP contribution is -2.06. The van der Waals surface area contributed by atoms with Crippen molar-refractivity contribution in [2.75, 3.05) is 5.32 Å². The molecule has 0 bridgehead atoms. The molecule has 2 N–H and O–H groups in total. The van der Waals surface area contributed by atoms with E-state index in [0.29, 0.717) is 5.75 Å². The van der Waals surface area contributed by atoms with Gasteiger partial charge in [-0.1, -0.05) is 0 Å². The highest BCUT2D eigenvalue weighted by atomic mass is 16.3. The van der Waals surface area contributed by atoms with Gasteiger partial charge in [0.1, 0.15) is 5.75 Å². The summed E-state index contributed by atoms with van der Waals surface area (Å²) in [6, 6.07) is 9.55. The van der Waals surface area contributed by atoms with Gasteiger partial charge >= 0.3 is 0 Å². The second-order valence-corrected chi connectivity index (χ2v) is 4.14. The molecule has 90 valence electrons. The number of aromatic hydroxyl groups is 1. The van der Waals surface area contributed by atoms with E-state index in [0.717, 1.165) is 24.3 Å². The molecule has 1 heterocycles. The zero-order valence-corrected chi connectivity index (χ0v) is 10.3. The van der Waals surface area contributed by atoms with E-state index in [1.165, 1.54) is 5.69 Å². The second kappa shape index (κ2) is 4.95. The number of benzene rings is 1.